The van der Waals surface area contributed by atoms with Crippen LogP contribution in [0, 0.1) is 0 Å². The second kappa shape index (κ2) is 12.7. The Morgan fingerprint density at radius 1 is 0.765 bits per heavy atom. The highest BCUT2D eigenvalue weighted by Gasteiger charge is 2.21. The summed E-state index contributed by atoms with van der Waals surface area (Å²) in [4.78, 5) is 11.7. The van der Waals surface area contributed by atoms with Crippen molar-refractivity contribution in [2.75, 3.05) is 30.9 Å². The maximum absolute atomic E-state index is 4.81. The molecule has 0 atom stereocenters. The minimum atomic E-state index is 0.457. The van der Waals surface area contributed by atoms with E-state index in [0.29, 0.717) is 12.1 Å². The van der Waals surface area contributed by atoms with E-state index in [1.54, 1.807) is 0 Å². The average Bonchev–Trinajstić information content (AvgIpc) is 2.86. The van der Waals surface area contributed by atoms with Crippen molar-refractivity contribution >= 4 is 22.7 Å². The third-order valence-electron chi connectivity index (χ3n) is 6.99. The number of fused-ring (bicyclic) bond motifs is 1. The standard InChI is InChI=1S/C29H41N5/c1-34(2)28-26-16-10-11-17-27(26)32-29(33-28)31-25-20-18-24(19-21-25)30-22-12-5-3-4-7-13-23-14-8-6-9-15-23/h6,8-11,14-17,24-25,30H,3-5,7,12-13,18-22H2,1-2H3,(H,31,32,33)/t24-,25+. The van der Waals surface area contributed by atoms with Gasteiger partial charge in [0, 0.05) is 31.6 Å². The molecule has 1 aliphatic carbocycles. The van der Waals surface area contributed by atoms with Crippen molar-refractivity contribution in [1.82, 2.24) is 15.3 Å². The van der Waals surface area contributed by atoms with E-state index in [-0.39, 0.29) is 0 Å². The van der Waals surface area contributed by atoms with Crippen LogP contribution in [0.2, 0.25) is 0 Å². The van der Waals surface area contributed by atoms with Gasteiger partial charge in [-0.15, -0.1) is 0 Å². The minimum Gasteiger partial charge on any atom is -0.362 e. The second-order valence-electron chi connectivity index (χ2n) is 9.93. The number of nitrogens with zero attached hydrogens (tertiary/aromatic N) is 3. The molecule has 34 heavy (non-hydrogen) atoms. The predicted octanol–water partition coefficient (Wildman–Crippen LogP) is 6.20. The van der Waals surface area contributed by atoms with Crippen LogP contribution in [0.25, 0.3) is 10.9 Å². The molecule has 4 rings (SSSR count). The van der Waals surface area contributed by atoms with Crippen molar-refractivity contribution in [2.24, 2.45) is 0 Å². The van der Waals surface area contributed by atoms with E-state index in [2.05, 4.69) is 58.0 Å². The molecular weight excluding hydrogens is 418 g/mol. The summed E-state index contributed by atoms with van der Waals surface area (Å²) in [5.74, 6) is 1.73. The molecule has 0 spiro atoms. The lowest BCUT2D eigenvalue weighted by molar-refractivity contribution is 0.350. The molecule has 2 aromatic carbocycles. The summed E-state index contributed by atoms with van der Waals surface area (Å²) in [5, 5.41) is 8.52. The first-order valence-electron chi connectivity index (χ1n) is 13.2. The van der Waals surface area contributed by atoms with E-state index in [1.165, 1.54) is 69.8 Å². The van der Waals surface area contributed by atoms with Crippen LogP contribution in [0.1, 0.15) is 63.4 Å². The molecule has 2 N–H and O–H groups in total. The van der Waals surface area contributed by atoms with Crippen molar-refractivity contribution in [3.05, 3.63) is 60.2 Å². The van der Waals surface area contributed by atoms with E-state index < -0.39 is 0 Å². The lowest BCUT2D eigenvalue weighted by Crippen LogP contribution is -2.37. The number of rotatable bonds is 12. The van der Waals surface area contributed by atoms with Gasteiger partial charge < -0.3 is 15.5 Å². The highest BCUT2D eigenvalue weighted by atomic mass is 15.2. The van der Waals surface area contributed by atoms with Gasteiger partial charge in [-0.05, 0) is 69.2 Å². The highest BCUT2D eigenvalue weighted by Crippen LogP contribution is 2.26. The molecule has 1 fully saturated rings. The summed E-state index contributed by atoms with van der Waals surface area (Å²) in [6.45, 7) is 1.15. The normalized spacial score (nSPS) is 18.2. The number of benzene rings is 2. The maximum atomic E-state index is 4.81. The van der Waals surface area contributed by atoms with E-state index in [9.17, 15) is 0 Å². The van der Waals surface area contributed by atoms with E-state index >= 15 is 0 Å². The molecule has 182 valence electrons. The molecule has 1 aromatic heterocycles. The molecule has 0 bridgehead atoms. The van der Waals surface area contributed by atoms with E-state index in [1.807, 2.05) is 26.2 Å². The van der Waals surface area contributed by atoms with Crippen molar-refractivity contribution in [2.45, 2.75) is 76.3 Å². The Hall–Kier alpha value is -2.66. The Bertz CT molecular complexity index is 996. The Labute approximate surface area is 205 Å². The monoisotopic (exact) mass is 459 g/mol. The Kier molecular flexibility index (Phi) is 9.14. The van der Waals surface area contributed by atoms with Crippen LogP contribution in [0.15, 0.2) is 54.6 Å². The van der Waals surface area contributed by atoms with Crippen LogP contribution in [-0.2, 0) is 6.42 Å². The van der Waals surface area contributed by atoms with Crippen LogP contribution >= 0.6 is 0 Å². The second-order valence-corrected chi connectivity index (χ2v) is 9.93. The molecule has 3 aromatic rings. The van der Waals surface area contributed by atoms with E-state index in [4.69, 9.17) is 9.97 Å². The van der Waals surface area contributed by atoms with Crippen LogP contribution in [0.5, 0.6) is 0 Å². The smallest absolute Gasteiger partial charge is 0.225 e. The van der Waals surface area contributed by atoms with Gasteiger partial charge in [0.2, 0.25) is 5.95 Å². The fourth-order valence-electron chi connectivity index (χ4n) is 5.03. The lowest BCUT2D eigenvalue weighted by Gasteiger charge is -2.30. The van der Waals surface area contributed by atoms with Gasteiger partial charge in [0.25, 0.3) is 0 Å². The number of para-hydroxylation sites is 1. The largest absolute Gasteiger partial charge is 0.362 e. The van der Waals surface area contributed by atoms with Crippen molar-refractivity contribution < 1.29 is 0 Å². The first-order chi connectivity index (χ1) is 16.7. The van der Waals surface area contributed by atoms with Gasteiger partial charge in [0.15, 0.2) is 0 Å². The molecule has 5 heteroatoms. The lowest BCUT2D eigenvalue weighted by atomic mass is 9.91. The molecule has 1 saturated carbocycles. The molecule has 0 saturated heterocycles. The Morgan fingerprint density at radius 2 is 1.44 bits per heavy atom. The fraction of sp³-hybridized carbons (Fsp3) is 0.517. The molecule has 0 unspecified atom stereocenters. The summed E-state index contributed by atoms with van der Waals surface area (Å²) in [6, 6.07) is 20.2. The third-order valence-corrected chi connectivity index (χ3v) is 6.99. The zero-order chi connectivity index (χ0) is 23.6. The van der Waals surface area contributed by atoms with Gasteiger partial charge in [-0.25, -0.2) is 4.98 Å². The zero-order valence-electron chi connectivity index (χ0n) is 21.0. The molecule has 1 aliphatic rings. The number of aryl methyl sites for hydroxylation is 1. The van der Waals surface area contributed by atoms with Crippen LogP contribution in [-0.4, -0.2) is 42.7 Å². The van der Waals surface area contributed by atoms with Crippen molar-refractivity contribution in [3.63, 3.8) is 0 Å². The molecule has 5 nitrogen and oxygen atoms in total. The Balaban J connectivity index is 1.11. The van der Waals surface area contributed by atoms with E-state index in [0.717, 1.165) is 29.2 Å². The summed E-state index contributed by atoms with van der Waals surface area (Å²) in [5.41, 5.74) is 2.47. The third kappa shape index (κ3) is 7.17. The predicted molar refractivity (Wildman–Crippen MR) is 145 cm³/mol. The first-order valence-corrected chi connectivity index (χ1v) is 13.2. The molecule has 0 aliphatic heterocycles. The SMILES string of the molecule is CN(C)c1nc(N[C@H]2CC[C@@H](NCCCCCCCc3ccccc3)CC2)nc2ccccc12. The molecule has 1 heterocycles. The quantitative estimate of drug-likeness (QED) is 0.316. The summed E-state index contributed by atoms with van der Waals surface area (Å²) < 4.78 is 0. The van der Waals surface area contributed by atoms with Gasteiger partial charge in [-0.2, -0.15) is 4.98 Å². The number of anilines is 2. The van der Waals surface area contributed by atoms with Crippen molar-refractivity contribution in [1.29, 1.82) is 0 Å². The molecule has 0 radical (unpaired) electrons. The van der Waals surface area contributed by atoms with Gasteiger partial charge in [0.1, 0.15) is 5.82 Å². The van der Waals surface area contributed by atoms with Crippen LogP contribution in [0.3, 0.4) is 0 Å². The fourth-order valence-corrected chi connectivity index (χ4v) is 5.03. The van der Waals surface area contributed by atoms with Gasteiger partial charge in [-0.3, -0.25) is 0 Å². The zero-order valence-corrected chi connectivity index (χ0v) is 21.0. The number of hydrogen-bond donors (Lipinski definition) is 2. The maximum Gasteiger partial charge on any atom is 0.225 e. The minimum absolute atomic E-state index is 0.457. The summed E-state index contributed by atoms with van der Waals surface area (Å²) >= 11 is 0. The van der Waals surface area contributed by atoms with Crippen LogP contribution < -0.4 is 15.5 Å². The van der Waals surface area contributed by atoms with Gasteiger partial charge >= 0.3 is 0 Å². The Morgan fingerprint density at radius 3 is 2.24 bits per heavy atom. The number of nitrogens with one attached hydrogen (secondary N) is 2. The summed E-state index contributed by atoms with van der Waals surface area (Å²) in [7, 11) is 4.08. The summed E-state index contributed by atoms with van der Waals surface area (Å²) in [6.07, 6.45) is 12.7. The van der Waals surface area contributed by atoms with Crippen LogP contribution in [0.4, 0.5) is 11.8 Å². The molecular formula is C29H41N5. The van der Waals surface area contributed by atoms with Gasteiger partial charge in [0.05, 0.1) is 5.52 Å². The average molecular weight is 460 g/mol. The highest BCUT2D eigenvalue weighted by molar-refractivity contribution is 5.90. The topological polar surface area (TPSA) is 53.1 Å². The van der Waals surface area contributed by atoms with Gasteiger partial charge in [-0.1, -0.05) is 61.7 Å². The number of unbranched alkanes of at least 4 members (excludes halogenated alkanes) is 4. The number of aromatic nitrogens is 2. The first kappa shape index (κ1) is 24.5. The number of hydrogen-bond acceptors (Lipinski definition) is 5. The molecule has 0 amide bonds. The van der Waals surface area contributed by atoms with Crippen molar-refractivity contribution in [3.8, 4) is 0 Å².